The molecule has 0 spiro atoms. The van der Waals surface area contributed by atoms with E-state index < -0.39 is 23.2 Å². The van der Waals surface area contributed by atoms with Crippen LogP contribution in [0.4, 0.5) is 13.2 Å². The third-order valence-electron chi connectivity index (χ3n) is 5.10. The highest BCUT2D eigenvalue weighted by atomic mass is 32.1. The largest absolute Gasteiger partial charge is 0.417 e. The molecule has 10 heteroatoms. The van der Waals surface area contributed by atoms with Gasteiger partial charge in [0.05, 0.1) is 23.1 Å². The summed E-state index contributed by atoms with van der Waals surface area (Å²) in [6.07, 6.45) is -2.87. The first-order chi connectivity index (χ1) is 15.1. The van der Waals surface area contributed by atoms with Crippen LogP contribution in [0.5, 0.6) is 0 Å². The Morgan fingerprint density at radius 3 is 2.69 bits per heavy atom. The molecule has 0 saturated heterocycles. The average Bonchev–Trinajstić information content (AvgIpc) is 3.18. The van der Waals surface area contributed by atoms with Gasteiger partial charge in [0.1, 0.15) is 10.7 Å². The second-order valence-corrected chi connectivity index (χ2v) is 8.10. The number of alkyl halides is 3. The van der Waals surface area contributed by atoms with Crippen molar-refractivity contribution >= 4 is 27.5 Å². The summed E-state index contributed by atoms with van der Waals surface area (Å²) in [5.41, 5.74) is 1.81. The fourth-order valence-electron chi connectivity index (χ4n) is 3.28. The number of aryl methyl sites for hydroxylation is 2. The van der Waals surface area contributed by atoms with Gasteiger partial charge in [-0.25, -0.2) is 4.98 Å². The van der Waals surface area contributed by atoms with E-state index in [-0.39, 0.29) is 17.9 Å². The molecule has 0 bridgehead atoms. The third kappa shape index (κ3) is 4.13. The van der Waals surface area contributed by atoms with Crippen LogP contribution in [0.2, 0.25) is 0 Å². The predicted molar refractivity (Wildman–Crippen MR) is 116 cm³/mol. The van der Waals surface area contributed by atoms with E-state index in [0.717, 1.165) is 40.7 Å². The van der Waals surface area contributed by atoms with E-state index in [2.05, 4.69) is 20.3 Å². The molecule has 0 aliphatic carbocycles. The third-order valence-corrected chi connectivity index (χ3v) is 5.97. The number of amides is 1. The van der Waals surface area contributed by atoms with Gasteiger partial charge in [0, 0.05) is 23.3 Å². The highest BCUT2D eigenvalue weighted by molar-refractivity contribution is 7.17. The maximum atomic E-state index is 13.1. The number of pyridine rings is 1. The molecule has 1 aromatic carbocycles. The van der Waals surface area contributed by atoms with E-state index in [0.29, 0.717) is 10.2 Å². The predicted octanol–water partition coefficient (Wildman–Crippen LogP) is 4.61. The zero-order valence-corrected chi connectivity index (χ0v) is 17.8. The number of carbonyl (C=O) groups excluding carboxylic acids is 1. The summed E-state index contributed by atoms with van der Waals surface area (Å²) in [5.74, 6) is -0.822. The molecule has 0 atom stereocenters. The first kappa shape index (κ1) is 21.7. The molecular weight excluding hydrogens is 441 g/mol. The number of hydrogen-bond acceptors (Lipinski definition) is 5. The maximum Gasteiger partial charge on any atom is 0.417 e. The molecule has 4 rings (SSSR count). The van der Waals surface area contributed by atoms with Crippen molar-refractivity contribution in [1.82, 2.24) is 20.3 Å². The topological polar surface area (TPSA) is 87.7 Å². The van der Waals surface area contributed by atoms with Gasteiger partial charge in [-0.3, -0.25) is 14.6 Å². The van der Waals surface area contributed by atoms with Gasteiger partial charge >= 0.3 is 6.18 Å². The van der Waals surface area contributed by atoms with Crippen molar-refractivity contribution in [2.75, 3.05) is 0 Å². The molecule has 0 fully saturated rings. The maximum absolute atomic E-state index is 13.1. The Labute approximate surface area is 184 Å². The number of aromatic nitrogens is 3. The number of thiophene rings is 1. The van der Waals surface area contributed by atoms with Crippen LogP contribution in [0.1, 0.15) is 32.9 Å². The van der Waals surface area contributed by atoms with Crippen molar-refractivity contribution in [3.05, 3.63) is 80.5 Å². The van der Waals surface area contributed by atoms with Crippen LogP contribution in [0.3, 0.4) is 0 Å². The normalized spacial score (nSPS) is 11.7. The number of hydrogen-bond donors (Lipinski definition) is 2. The Morgan fingerprint density at radius 2 is 1.97 bits per heavy atom. The molecule has 0 unspecified atom stereocenters. The first-order valence-corrected chi connectivity index (χ1v) is 10.4. The summed E-state index contributed by atoms with van der Waals surface area (Å²) in [6.45, 7) is 3.75. The Kier molecular flexibility index (Phi) is 5.55. The molecular formula is C22H17F3N4O2S. The molecule has 1 amide bonds. The highest BCUT2D eigenvalue weighted by Crippen LogP contribution is 2.32. The quantitative estimate of drug-likeness (QED) is 0.468. The minimum absolute atomic E-state index is 0.141. The molecule has 32 heavy (non-hydrogen) atoms. The summed E-state index contributed by atoms with van der Waals surface area (Å²) in [6, 6.07) is 6.65. The van der Waals surface area contributed by atoms with Crippen LogP contribution >= 0.6 is 11.3 Å². The van der Waals surface area contributed by atoms with Crippen LogP contribution in [0.15, 0.2) is 46.8 Å². The minimum Gasteiger partial charge on any atom is -0.345 e. The molecule has 3 heterocycles. The standard InChI is InChI=1S/C22H17F3N4O2S/c1-11-3-4-13(7-12(11)2)15-10-32-21-18(15)20(31)28-17(29-21)9-27-19(30)14-8-26-6-5-16(14)22(23,24)25/h3-8,10H,9H2,1-2H3,(H,27,30)(H,28,29,31). The lowest BCUT2D eigenvalue weighted by Gasteiger charge is -2.12. The summed E-state index contributed by atoms with van der Waals surface area (Å²) in [4.78, 5) is 36.1. The van der Waals surface area contributed by atoms with E-state index >= 15 is 0 Å². The molecule has 3 aromatic heterocycles. The van der Waals surface area contributed by atoms with Crippen LogP contribution < -0.4 is 10.9 Å². The van der Waals surface area contributed by atoms with Gasteiger partial charge in [-0.05, 0) is 36.6 Å². The Bertz CT molecular complexity index is 1390. The molecule has 0 aliphatic rings. The molecule has 6 nitrogen and oxygen atoms in total. The number of benzene rings is 1. The molecule has 164 valence electrons. The van der Waals surface area contributed by atoms with Crippen LogP contribution in [0, 0.1) is 13.8 Å². The Hall–Kier alpha value is -3.53. The summed E-state index contributed by atoms with van der Waals surface area (Å²) in [7, 11) is 0. The SMILES string of the molecule is Cc1ccc(-c2csc3nc(CNC(=O)c4cnccc4C(F)(F)F)[nH]c(=O)c23)cc1C. The smallest absolute Gasteiger partial charge is 0.345 e. The van der Waals surface area contributed by atoms with Crippen LogP contribution in [-0.2, 0) is 12.7 Å². The monoisotopic (exact) mass is 458 g/mol. The molecule has 0 radical (unpaired) electrons. The number of aromatic amines is 1. The van der Waals surface area contributed by atoms with E-state index in [1.165, 1.54) is 11.3 Å². The van der Waals surface area contributed by atoms with Gasteiger partial charge in [-0.2, -0.15) is 13.2 Å². The van der Waals surface area contributed by atoms with E-state index in [4.69, 9.17) is 0 Å². The van der Waals surface area contributed by atoms with Gasteiger partial charge in [0.15, 0.2) is 0 Å². The number of carbonyl (C=O) groups is 1. The molecule has 0 aliphatic heterocycles. The van der Waals surface area contributed by atoms with E-state index in [9.17, 15) is 22.8 Å². The van der Waals surface area contributed by atoms with Crippen molar-refractivity contribution in [3.63, 3.8) is 0 Å². The van der Waals surface area contributed by atoms with Crippen LogP contribution in [0.25, 0.3) is 21.3 Å². The Balaban J connectivity index is 1.60. The average molecular weight is 458 g/mol. The van der Waals surface area contributed by atoms with Crippen molar-refractivity contribution in [3.8, 4) is 11.1 Å². The molecule has 0 saturated carbocycles. The van der Waals surface area contributed by atoms with Crippen molar-refractivity contribution in [2.45, 2.75) is 26.6 Å². The molecule has 2 N–H and O–H groups in total. The lowest BCUT2D eigenvalue weighted by molar-refractivity contribution is -0.138. The van der Waals surface area contributed by atoms with Crippen LogP contribution in [-0.4, -0.2) is 20.9 Å². The number of halogens is 3. The number of rotatable bonds is 4. The lowest BCUT2D eigenvalue weighted by Crippen LogP contribution is -2.28. The van der Waals surface area contributed by atoms with Crippen molar-refractivity contribution in [2.24, 2.45) is 0 Å². The number of nitrogens with one attached hydrogen (secondary N) is 2. The van der Waals surface area contributed by atoms with Crippen molar-refractivity contribution in [1.29, 1.82) is 0 Å². The second kappa shape index (κ2) is 8.19. The fourth-order valence-corrected chi connectivity index (χ4v) is 4.25. The van der Waals surface area contributed by atoms with Gasteiger partial charge in [0.25, 0.3) is 11.5 Å². The van der Waals surface area contributed by atoms with E-state index in [1.54, 1.807) is 0 Å². The Morgan fingerprint density at radius 1 is 1.19 bits per heavy atom. The minimum atomic E-state index is -4.69. The summed E-state index contributed by atoms with van der Waals surface area (Å²) >= 11 is 1.28. The molecule has 4 aromatic rings. The summed E-state index contributed by atoms with van der Waals surface area (Å²) in [5, 5.41) is 4.63. The number of nitrogens with zero attached hydrogens (tertiary/aromatic N) is 2. The van der Waals surface area contributed by atoms with E-state index in [1.807, 2.05) is 37.4 Å². The number of H-pyrrole nitrogens is 1. The van der Waals surface area contributed by atoms with Gasteiger partial charge in [0.2, 0.25) is 0 Å². The zero-order chi connectivity index (χ0) is 23.0. The van der Waals surface area contributed by atoms with Crippen molar-refractivity contribution < 1.29 is 18.0 Å². The zero-order valence-electron chi connectivity index (χ0n) is 17.0. The second-order valence-electron chi connectivity index (χ2n) is 7.24. The number of fused-ring (bicyclic) bond motifs is 1. The van der Waals surface area contributed by atoms with Gasteiger partial charge in [-0.15, -0.1) is 11.3 Å². The lowest BCUT2D eigenvalue weighted by atomic mass is 10.0. The fraction of sp³-hybridized carbons (Fsp3) is 0.182. The highest BCUT2D eigenvalue weighted by Gasteiger charge is 2.35. The first-order valence-electron chi connectivity index (χ1n) is 9.52. The van der Waals surface area contributed by atoms with Gasteiger partial charge < -0.3 is 10.3 Å². The summed E-state index contributed by atoms with van der Waals surface area (Å²) < 4.78 is 39.4. The van der Waals surface area contributed by atoms with Gasteiger partial charge in [-0.1, -0.05) is 18.2 Å².